The van der Waals surface area contributed by atoms with Gasteiger partial charge in [-0.2, -0.15) is 9.97 Å². The van der Waals surface area contributed by atoms with Crippen LogP contribution in [0.5, 0.6) is 11.8 Å². The molecule has 10 heteroatoms. The van der Waals surface area contributed by atoms with Crippen molar-refractivity contribution in [3.8, 4) is 11.8 Å². The molecular formula is C35H39F2N5O3. The molecule has 2 saturated heterocycles. The third-order valence-electron chi connectivity index (χ3n) is 10.4. The first kappa shape index (κ1) is 28.5. The number of ether oxygens (including phenoxy) is 1. The molecule has 45 heavy (non-hydrogen) atoms. The van der Waals surface area contributed by atoms with Crippen molar-refractivity contribution in [3.05, 3.63) is 70.6 Å². The van der Waals surface area contributed by atoms with Crippen molar-refractivity contribution in [2.24, 2.45) is 0 Å². The maximum absolute atomic E-state index is 15.0. The number of phenolic OH excluding ortho intramolecular Hbond substituents is 1. The van der Waals surface area contributed by atoms with Crippen molar-refractivity contribution in [2.45, 2.75) is 76.7 Å². The second-order valence-corrected chi connectivity index (χ2v) is 13.1. The molecule has 8 nitrogen and oxygen atoms in total. The van der Waals surface area contributed by atoms with E-state index >= 15 is 4.39 Å². The van der Waals surface area contributed by atoms with Gasteiger partial charge in [-0.05, 0) is 67.8 Å². The number of aryl methyl sites for hydroxylation is 2. The van der Waals surface area contributed by atoms with E-state index in [9.17, 15) is 9.50 Å². The molecule has 2 aromatic heterocycles. The van der Waals surface area contributed by atoms with E-state index in [-0.39, 0.29) is 17.1 Å². The van der Waals surface area contributed by atoms with Gasteiger partial charge in [0.15, 0.2) is 0 Å². The summed E-state index contributed by atoms with van der Waals surface area (Å²) in [7, 11) is 0. The molecule has 4 aliphatic heterocycles. The van der Waals surface area contributed by atoms with Crippen LogP contribution < -0.4 is 14.5 Å². The van der Waals surface area contributed by atoms with Gasteiger partial charge in [-0.1, -0.05) is 13.0 Å². The number of hydrogen-bond acceptors (Lipinski definition) is 8. The van der Waals surface area contributed by atoms with Gasteiger partial charge < -0.3 is 24.1 Å². The standard InChI is InChI=1S/C35H39F2N5O3/c1-2-26-28(37)7-6-22-15-25(43)16-30(32(22)26)40-13-8-27-29(20-40)38-34(45-21-35-10-4-12-42(35)19-24(36)17-35)39-33(27)41-11-3-5-31-23(18-41)9-14-44-31/h6-7,9,14-16,24,43H,2-5,8,10-13,17-21H2,1H3/t24-,35+/m1/s1. The predicted octanol–water partition coefficient (Wildman–Crippen LogP) is 6.10. The quantitative estimate of drug-likeness (QED) is 0.279. The van der Waals surface area contributed by atoms with Gasteiger partial charge in [0, 0.05) is 67.3 Å². The molecule has 4 aromatic rings. The van der Waals surface area contributed by atoms with Crippen LogP contribution in [0.25, 0.3) is 10.8 Å². The smallest absolute Gasteiger partial charge is 0.318 e. The van der Waals surface area contributed by atoms with Gasteiger partial charge in [-0.15, -0.1) is 0 Å². The summed E-state index contributed by atoms with van der Waals surface area (Å²) < 4.78 is 41.7. The lowest BCUT2D eigenvalue weighted by Gasteiger charge is -2.35. The highest BCUT2D eigenvalue weighted by Gasteiger charge is 2.49. The monoisotopic (exact) mass is 615 g/mol. The molecule has 2 fully saturated rings. The number of halogens is 2. The maximum atomic E-state index is 15.0. The van der Waals surface area contributed by atoms with E-state index in [4.69, 9.17) is 19.1 Å². The molecule has 0 amide bonds. The molecule has 0 unspecified atom stereocenters. The van der Waals surface area contributed by atoms with Crippen LogP contribution in [0.4, 0.5) is 20.3 Å². The number of anilines is 2. The molecule has 0 aliphatic carbocycles. The van der Waals surface area contributed by atoms with Gasteiger partial charge in [0.25, 0.3) is 0 Å². The van der Waals surface area contributed by atoms with E-state index in [1.807, 2.05) is 13.0 Å². The third-order valence-corrected chi connectivity index (χ3v) is 10.4. The van der Waals surface area contributed by atoms with Crippen LogP contribution in [0.3, 0.4) is 0 Å². The molecule has 6 heterocycles. The number of aromatic hydroxyl groups is 1. The Balaban J connectivity index is 1.18. The number of nitrogens with zero attached hydrogens (tertiary/aromatic N) is 5. The van der Waals surface area contributed by atoms with Gasteiger partial charge in [0.05, 0.1) is 24.0 Å². The second-order valence-electron chi connectivity index (χ2n) is 13.1. The molecule has 0 bridgehead atoms. The topological polar surface area (TPSA) is 78.1 Å². The van der Waals surface area contributed by atoms with Crippen molar-refractivity contribution in [1.82, 2.24) is 14.9 Å². The number of aromatic nitrogens is 2. The minimum Gasteiger partial charge on any atom is -0.508 e. The van der Waals surface area contributed by atoms with Gasteiger partial charge >= 0.3 is 6.01 Å². The molecule has 1 N–H and O–H groups in total. The molecule has 0 saturated carbocycles. The number of fused-ring (bicyclic) bond motifs is 4. The van der Waals surface area contributed by atoms with Crippen molar-refractivity contribution in [2.75, 3.05) is 42.6 Å². The van der Waals surface area contributed by atoms with Crippen LogP contribution in [0, 0.1) is 5.82 Å². The minimum atomic E-state index is -0.835. The molecule has 0 spiro atoms. The third kappa shape index (κ3) is 4.98. The van der Waals surface area contributed by atoms with Crippen molar-refractivity contribution in [3.63, 3.8) is 0 Å². The van der Waals surface area contributed by atoms with E-state index in [1.165, 1.54) is 11.6 Å². The molecular weight excluding hydrogens is 576 g/mol. The Labute approximate surface area is 261 Å². The number of rotatable bonds is 6. The van der Waals surface area contributed by atoms with E-state index in [1.54, 1.807) is 24.5 Å². The average Bonchev–Trinajstić information content (AvgIpc) is 3.68. The molecule has 236 valence electrons. The highest BCUT2D eigenvalue weighted by molar-refractivity contribution is 5.98. The van der Waals surface area contributed by atoms with Crippen LogP contribution in [0.15, 0.2) is 41.0 Å². The van der Waals surface area contributed by atoms with Crippen LogP contribution in [-0.4, -0.2) is 64.5 Å². The van der Waals surface area contributed by atoms with Gasteiger partial charge in [-0.3, -0.25) is 4.90 Å². The highest BCUT2D eigenvalue weighted by Crippen LogP contribution is 2.42. The second kappa shape index (κ2) is 11.2. The van der Waals surface area contributed by atoms with Gasteiger partial charge in [0.1, 0.15) is 35.9 Å². The fourth-order valence-electron chi connectivity index (χ4n) is 8.26. The zero-order valence-electron chi connectivity index (χ0n) is 25.7. The molecule has 0 radical (unpaired) electrons. The van der Waals surface area contributed by atoms with Gasteiger partial charge in [0.2, 0.25) is 0 Å². The molecule has 2 aromatic carbocycles. The van der Waals surface area contributed by atoms with Crippen LogP contribution in [0.1, 0.15) is 60.8 Å². The zero-order valence-corrected chi connectivity index (χ0v) is 25.7. The van der Waals surface area contributed by atoms with Crippen molar-refractivity contribution < 1.29 is 23.0 Å². The Morgan fingerprint density at radius 1 is 1.07 bits per heavy atom. The largest absolute Gasteiger partial charge is 0.508 e. The SMILES string of the molecule is CCc1c(F)ccc2cc(O)cc(N3CCc4c(nc(OC[C@@]56CCCN5C[C@H](F)C6)nc4N4CCCc5occc5C4)C3)c12. The Morgan fingerprint density at radius 2 is 1.98 bits per heavy atom. The first-order chi connectivity index (χ1) is 21.9. The fraction of sp³-hybridized carbons (Fsp3) is 0.486. The van der Waals surface area contributed by atoms with E-state index in [2.05, 4.69) is 14.7 Å². The average molecular weight is 616 g/mol. The lowest BCUT2D eigenvalue weighted by molar-refractivity contribution is 0.107. The number of alkyl halides is 1. The fourth-order valence-corrected chi connectivity index (χ4v) is 8.26. The number of benzene rings is 2. The lowest BCUT2D eigenvalue weighted by Crippen LogP contribution is -2.43. The Bertz CT molecular complexity index is 1760. The summed E-state index contributed by atoms with van der Waals surface area (Å²) in [5.41, 5.74) is 4.25. The molecule has 2 atom stereocenters. The lowest BCUT2D eigenvalue weighted by atomic mass is 9.95. The summed E-state index contributed by atoms with van der Waals surface area (Å²) in [6, 6.07) is 9.00. The Kier molecular flexibility index (Phi) is 7.08. The number of hydrogen-bond donors (Lipinski definition) is 1. The first-order valence-electron chi connectivity index (χ1n) is 16.3. The highest BCUT2D eigenvalue weighted by atomic mass is 19.1. The van der Waals surface area contributed by atoms with Crippen molar-refractivity contribution >= 4 is 22.3 Å². The van der Waals surface area contributed by atoms with Gasteiger partial charge in [-0.25, -0.2) is 8.78 Å². The summed E-state index contributed by atoms with van der Waals surface area (Å²) in [4.78, 5) is 16.8. The summed E-state index contributed by atoms with van der Waals surface area (Å²) >= 11 is 0. The first-order valence-corrected chi connectivity index (χ1v) is 16.3. The van der Waals surface area contributed by atoms with E-state index in [0.29, 0.717) is 63.6 Å². The molecule has 4 aliphatic rings. The number of phenols is 1. The summed E-state index contributed by atoms with van der Waals surface area (Å²) in [5, 5.41) is 12.3. The van der Waals surface area contributed by atoms with Crippen LogP contribution in [-0.2, 0) is 32.4 Å². The van der Waals surface area contributed by atoms with Crippen molar-refractivity contribution in [1.29, 1.82) is 0 Å². The summed E-state index contributed by atoms with van der Waals surface area (Å²) in [5.74, 6) is 1.81. The zero-order chi connectivity index (χ0) is 30.7. The van der Waals surface area contributed by atoms with Crippen LogP contribution in [0.2, 0.25) is 0 Å². The molecule has 8 rings (SSSR count). The van der Waals surface area contributed by atoms with E-state index in [0.717, 1.165) is 78.1 Å². The Hall–Kier alpha value is -3.92. The van der Waals surface area contributed by atoms with E-state index < -0.39 is 6.17 Å². The maximum Gasteiger partial charge on any atom is 0.318 e. The predicted molar refractivity (Wildman–Crippen MR) is 168 cm³/mol. The van der Waals surface area contributed by atoms with Crippen LogP contribution >= 0.6 is 0 Å². The Morgan fingerprint density at radius 3 is 2.87 bits per heavy atom. The summed E-state index contributed by atoms with van der Waals surface area (Å²) in [6.07, 6.45) is 6.41. The summed E-state index contributed by atoms with van der Waals surface area (Å²) in [6.45, 7) is 6.33. The normalized spacial score (nSPS) is 23.2. The minimum absolute atomic E-state index is 0.146. The number of furan rings is 1.